The highest BCUT2D eigenvalue weighted by Crippen LogP contribution is 2.17. The first-order valence-corrected chi connectivity index (χ1v) is 6.19. The summed E-state index contributed by atoms with van der Waals surface area (Å²) in [5, 5.41) is 3.37. The van der Waals surface area contributed by atoms with Gasteiger partial charge in [-0.05, 0) is 25.0 Å². The van der Waals surface area contributed by atoms with Crippen molar-refractivity contribution < 1.29 is 9.53 Å². The topological polar surface area (TPSA) is 38.3 Å². The second-order valence-corrected chi connectivity index (χ2v) is 4.35. The predicted molar refractivity (Wildman–Crippen MR) is 69.4 cm³/mol. The van der Waals surface area contributed by atoms with Crippen LogP contribution >= 0.6 is 11.6 Å². The monoisotopic (exact) mass is 255 g/mol. The minimum Gasteiger partial charge on any atom is -0.446 e. The van der Waals surface area contributed by atoms with Crippen LogP contribution in [0.15, 0.2) is 24.3 Å². The molecule has 0 unspecified atom stereocenters. The Morgan fingerprint density at radius 2 is 2.18 bits per heavy atom. The molecular formula is C13H18ClNO2. The lowest BCUT2D eigenvalue weighted by atomic mass is 10.1. The summed E-state index contributed by atoms with van der Waals surface area (Å²) in [6.45, 7) is 4.49. The molecule has 1 aromatic rings. The third-order valence-corrected chi connectivity index (χ3v) is 2.66. The van der Waals surface area contributed by atoms with Gasteiger partial charge >= 0.3 is 6.09 Å². The maximum Gasteiger partial charge on any atom is 0.407 e. The summed E-state index contributed by atoms with van der Waals surface area (Å²) < 4.78 is 5.20. The predicted octanol–water partition coefficient (Wildman–Crippen LogP) is 3.41. The van der Waals surface area contributed by atoms with Crippen molar-refractivity contribution in [1.29, 1.82) is 0 Å². The molecule has 0 bridgehead atoms. The Morgan fingerprint density at radius 1 is 1.47 bits per heavy atom. The number of nitrogens with one attached hydrogen (secondary N) is 1. The summed E-state index contributed by atoms with van der Waals surface area (Å²) in [5.41, 5.74) is 0.991. The van der Waals surface area contributed by atoms with Crippen molar-refractivity contribution in [2.75, 3.05) is 6.54 Å². The highest BCUT2D eigenvalue weighted by Gasteiger charge is 2.10. The minimum atomic E-state index is -0.369. The minimum absolute atomic E-state index is 0.188. The standard InChI is InChI=1S/C13H18ClNO2/c1-3-8-15-13(16)17-10(2)9-11-6-4-5-7-12(11)14/h4-7,10H,3,8-9H2,1-2H3,(H,15,16)/t10-/m0/s1. The number of hydrogen-bond acceptors (Lipinski definition) is 2. The number of hydrogen-bond donors (Lipinski definition) is 1. The number of amides is 1. The van der Waals surface area contributed by atoms with Crippen molar-refractivity contribution in [1.82, 2.24) is 5.32 Å². The van der Waals surface area contributed by atoms with Crippen molar-refractivity contribution >= 4 is 17.7 Å². The highest BCUT2D eigenvalue weighted by molar-refractivity contribution is 6.31. The Bertz CT molecular complexity index is 368. The Hall–Kier alpha value is -1.22. The van der Waals surface area contributed by atoms with E-state index >= 15 is 0 Å². The SMILES string of the molecule is CCCNC(=O)O[C@@H](C)Cc1ccccc1Cl. The average Bonchev–Trinajstić information content (AvgIpc) is 2.29. The number of alkyl carbamates (subject to hydrolysis) is 1. The van der Waals surface area contributed by atoms with E-state index < -0.39 is 0 Å². The number of halogens is 1. The van der Waals surface area contributed by atoms with Gasteiger partial charge in [0.15, 0.2) is 0 Å². The van der Waals surface area contributed by atoms with E-state index in [-0.39, 0.29) is 12.2 Å². The average molecular weight is 256 g/mol. The molecule has 0 aliphatic carbocycles. The fourth-order valence-corrected chi connectivity index (χ4v) is 1.68. The van der Waals surface area contributed by atoms with Crippen LogP contribution in [-0.2, 0) is 11.2 Å². The van der Waals surface area contributed by atoms with Gasteiger partial charge in [-0.2, -0.15) is 0 Å². The largest absolute Gasteiger partial charge is 0.446 e. The first-order chi connectivity index (χ1) is 8.13. The molecule has 0 saturated carbocycles. The van der Waals surface area contributed by atoms with Gasteiger partial charge in [-0.3, -0.25) is 0 Å². The maximum atomic E-state index is 11.3. The van der Waals surface area contributed by atoms with Gasteiger partial charge in [-0.1, -0.05) is 36.7 Å². The van der Waals surface area contributed by atoms with Crippen LogP contribution in [0.2, 0.25) is 5.02 Å². The molecule has 1 rings (SSSR count). The van der Waals surface area contributed by atoms with Crippen LogP contribution in [0.5, 0.6) is 0 Å². The molecule has 1 aromatic carbocycles. The van der Waals surface area contributed by atoms with Gasteiger partial charge < -0.3 is 10.1 Å². The molecule has 0 aliphatic rings. The molecule has 0 spiro atoms. The van der Waals surface area contributed by atoms with E-state index in [1.165, 1.54) is 0 Å². The molecule has 0 saturated heterocycles. The van der Waals surface area contributed by atoms with Gasteiger partial charge in [0, 0.05) is 18.0 Å². The summed E-state index contributed by atoms with van der Waals surface area (Å²) in [4.78, 5) is 11.3. The molecule has 0 radical (unpaired) electrons. The fraction of sp³-hybridized carbons (Fsp3) is 0.462. The quantitative estimate of drug-likeness (QED) is 0.876. The van der Waals surface area contributed by atoms with Crippen LogP contribution in [0.3, 0.4) is 0 Å². The number of rotatable bonds is 5. The van der Waals surface area contributed by atoms with Gasteiger partial charge in [0.25, 0.3) is 0 Å². The van der Waals surface area contributed by atoms with Crippen LogP contribution in [0.1, 0.15) is 25.8 Å². The molecule has 17 heavy (non-hydrogen) atoms. The zero-order valence-corrected chi connectivity index (χ0v) is 11.0. The summed E-state index contributed by atoms with van der Waals surface area (Å²) in [7, 11) is 0. The first-order valence-electron chi connectivity index (χ1n) is 5.81. The zero-order chi connectivity index (χ0) is 12.7. The molecule has 4 heteroatoms. The van der Waals surface area contributed by atoms with Gasteiger partial charge in [-0.25, -0.2) is 4.79 Å². The van der Waals surface area contributed by atoms with Crippen LogP contribution in [0.4, 0.5) is 4.79 Å². The molecular weight excluding hydrogens is 238 g/mol. The number of carbonyl (C=O) groups is 1. The summed E-state index contributed by atoms with van der Waals surface area (Å²) in [5.74, 6) is 0. The summed E-state index contributed by atoms with van der Waals surface area (Å²) in [6, 6.07) is 7.57. The summed E-state index contributed by atoms with van der Waals surface area (Å²) >= 11 is 6.03. The summed E-state index contributed by atoms with van der Waals surface area (Å²) in [6.07, 6.45) is 0.964. The lowest BCUT2D eigenvalue weighted by Gasteiger charge is -2.14. The van der Waals surface area contributed by atoms with E-state index in [9.17, 15) is 4.79 Å². The van der Waals surface area contributed by atoms with Crippen molar-refractivity contribution in [2.24, 2.45) is 0 Å². The number of ether oxygens (including phenoxy) is 1. The molecule has 0 heterocycles. The van der Waals surface area contributed by atoms with Crippen molar-refractivity contribution in [3.8, 4) is 0 Å². The maximum absolute atomic E-state index is 11.3. The number of benzene rings is 1. The number of carbonyl (C=O) groups excluding carboxylic acids is 1. The third-order valence-electron chi connectivity index (χ3n) is 2.29. The Balaban J connectivity index is 2.42. The van der Waals surface area contributed by atoms with E-state index in [1.54, 1.807) is 0 Å². The lowest BCUT2D eigenvalue weighted by Crippen LogP contribution is -2.29. The third kappa shape index (κ3) is 5.09. The van der Waals surface area contributed by atoms with Crippen molar-refractivity contribution in [2.45, 2.75) is 32.8 Å². The Kier molecular flexibility index (Phi) is 5.84. The van der Waals surface area contributed by atoms with Gasteiger partial charge in [-0.15, -0.1) is 0 Å². The molecule has 0 fully saturated rings. The molecule has 1 N–H and O–H groups in total. The Labute approximate surface area is 107 Å². The lowest BCUT2D eigenvalue weighted by molar-refractivity contribution is 0.107. The molecule has 0 aliphatic heterocycles. The van der Waals surface area contributed by atoms with Gasteiger partial charge in [0.2, 0.25) is 0 Å². The molecule has 0 aromatic heterocycles. The smallest absolute Gasteiger partial charge is 0.407 e. The normalized spacial score (nSPS) is 11.9. The first kappa shape index (κ1) is 13.8. The van der Waals surface area contributed by atoms with Gasteiger partial charge in [0.05, 0.1) is 0 Å². The van der Waals surface area contributed by atoms with Crippen LogP contribution in [-0.4, -0.2) is 18.7 Å². The Morgan fingerprint density at radius 3 is 2.82 bits per heavy atom. The van der Waals surface area contributed by atoms with Crippen molar-refractivity contribution in [3.63, 3.8) is 0 Å². The van der Waals surface area contributed by atoms with E-state index in [0.29, 0.717) is 18.0 Å². The van der Waals surface area contributed by atoms with Gasteiger partial charge in [0.1, 0.15) is 6.10 Å². The second-order valence-electron chi connectivity index (χ2n) is 3.94. The fourth-order valence-electron chi connectivity index (χ4n) is 1.47. The molecule has 1 amide bonds. The van der Waals surface area contributed by atoms with Crippen LogP contribution < -0.4 is 5.32 Å². The van der Waals surface area contributed by atoms with E-state index in [2.05, 4.69) is 5.32 Å². The molecule has 94 valence electrons. The van der Waals surface area contributed by atoms with E-state index in [1.807, 2.05) is 38.1 Å². The second kappa shape index (κ2) is 7.17. The van der Waals surface area contributed by atoms with E-state index in [0.717, 1.165) is 12.0 Å². The van der Waals surface area contributed by atoms with Crippen LogP contribution in [0, 0.1) is 0 Å². The zero-order valence-electron chi connectivity index (χ0n) is 10.2. The highest BCUT2D eigenvalue weighted by atomic mass is 35.5. The molecule has 1 atom stereocenters. The molecule has 3 nitrogen and oxygen atoms in total. The van der Waals surface area contributed by atoms with Crippen molar-refractivity contribution in [3.05, 3.63) is 34.9 Å². The van der Waals surface area contributed by atoms with E-state index in [4.69, 9.17) is 16.3 Å². The van der Waals surface area contributed by atoms with Crippen LogP contribution in [0.25, 0.3) is 0 Å².